The van der Waals surface area contributed by atoms with Gasteiger partial charge in [0.25, 0.3) is 0 Å². The number of fused-ring (bicyclic) bond motifs is 2. The van der Waals surface area contributed by atoms with Crippen LogP contribution < -0.4 is 0 Å². The van der Waals surface area contributed by atoms with Crippen molar-refractivity contribution in [3.05, 3.63) is 66.2 Å². The predicted octanol–water partition coefficient (Wildman–Crippen LogP) is 7.60. The second-order valence-corrected chi connectivity index (χ2v) is 7.54. The van der Waals surface area contributed by atoms with Gasteiger partial charge in [0.05, 0.1) is 0 Å². The van der Waals surface area contributed by atoms with Gasteiger partial charge in [0.15, 0.2) is 0 Å². The van der Waals surface area contributed by atoms with Gasteiger partial charge >= 0.3 is 5.97 Å². The highest BCUT2D eigenvalue weighted by molar-refractivity contribution is 6.06. The molecule has 0 heterocycles. The van der Waals surface area contributed by atoms with Crippen LogP contribution in [0.1, 0.15) is 63.4 Å². The van der Waals surface area contributed by atoms with E-state index >= 15 is 0 Å². The second kappa shape index (κ2) is 10.7. The Hall–Kier alpha value is -2.61. The molecule has 3 aromatic carbocycles. The van der Waals surface area contributed by atoms with Crippen LogP contribution in [-0.2, 0) is 4.79 Å². The molecule has 0 saturated heterocycles. The Bertz CT molecular complexity index is 885. The number of aliphatic carboxylic acids is 1. The first-order valence-corrected chi connectivity index (χ1v) is 10.5. The van der Waals surface area contributed by atoms with Gasteiger partial charge in [-0.05, 0) is 52.4 Å². The Morgan fingerprint density at radius 2 is 1.29 bits per heavy atom. The fourth-order valence-electron chi connectivity index (χ4n) is 3.85. The maximum atomic E-state index is 10.5. The SMILES string of the molecule is O=C(O)CCCCCCCCC/C=C/c1c2ccccc2cc2ccccc12. The molecule has 0 amide bonds. The van der Waals surface area contributed by atoms with Crippen LogP contribution in [-0.4, -0.2) is 11.1 Å². The third kappa shape index (κ3) is 5.69. The third-order valence-electron chi connectivity index (χ3n) is 5.36. The van der Waals surface area contributed by atoms with Crippen molar-refractivity contribution in [2.75, 3.05) is 0 Å². The molecule has 0 unspecified atom stereocenters. The van der Waals surface area contributed by atoms with Crippen molar-refractivity contribution in [3.63, 3.8) is 0 Å². The summed E-state index contributed by atoms with van der Waals surface area (Å²) in [6.45, 7) is 0. The van der Waals surface area contributed by atoms with Crippen molar-refractivity contribution < 1.29 is 9.90 Å². The summed E-state index contributed by atoms with van der Waals surface area (Å²) in [5.41, 5.74) is 1.33. The average Bonchev–Trinajstić information content (AvgIpc) is 2.71. The van der Waals surface area contributed by atoms with Gasteiger partial charge in [-0.2, -0.15) is 0 Å². The van der Waals surface area contributed by atoms with Crippen LogP contribution in [0, 0.1) is 0 Å². The smallest absolute Gasteiger partial charge is 0.303 e. The lowest BCUT2D eigenvalue weighted by Crippen LogP contribution is -1.93. The summed E-state index contributed by atoms with van der Waals surface area (Å²) in [5.74, 6) is -0.675. The molecule has 3 rings (SSSR count). The van der Waals surface area contributed by atoms with Gasteiger partial charge in [-0.15, -0.1) is 0 Å². The maximum Gasteiger partial charge on any atom is 0.303 e. The van der Waals surface area contributed by atoms with Crippen molar-refractivity contribution in [2.24, 2.45) is 0 Å². The Morgan fingerprint density at radius 1 is 0.750 bits per heavy atom. The molecule has 0 saturated carbocycles. The highest BCUT2D eigenvalue weighted by atomic mass is 16.4. The maximum absolute atomic E-state index is 10.5. The molecule has 0 radical (unpaired) electrons. The average molecular weight is 375 g/mol. The molecule has 0 aliphatic heterocycles. The minimum atomic E-state index is -0.675. The summed E-state index contributed by atoms with van der Waals surface area (Å²) in [6.07, 6.45) is 14.0. The van der Waals surface area contributed by atoms with Crippen LogP contribution in [0.2, 0.25) is 0 Å². The van der Waals surface area contributed by atoms with E-state index in [1.807, 2.05) is 0 Å². The molecule has 3 aromatic rings. The van der Waals surface area contributed by atoms with E-state index in [-0.39, 0.29) is 0 Å². The number of allylic oxidation sites excluding steroid dienone is 1. The number of benzene rings is 3. The van der Waals surface area contributed by atoms with Crippen molar-refractivity contribution >= 4 is 33.6 Å². The summed E-state index contributed by atoms with van der Waals surface area (Å²) < 4.78 is 0. The first-order valence-electron chi connectivity index (χ1n) is 10.5. The van der Waals surface area contributed by atoms with Crippen LogP contribution >= 0.6 is 0 Å². The number of hydrogen-bond acceptors (Lipinski definition) is 1. The zero-order chi connectivity index (χ0) is 19.6. The number of hydrogen-bond donors (Lipinski definition) is 1. The highest BCUT2D eigenvalue weighted by Crippen LogP contribution is 2.29. The topological polar surface area (TPSA) is 37.3 Å². The number of carbonyl (C=O) groups is 1. The molecule has 2 heteroatoms. The summed E-state index contributed by atoms with van der Waals surface area (Å²) in [4.78, 5) is 10.5. The predicted molar refractivity (Wildman–Crippen MR) is 120 cm³/mol. The number of unbranched alkanes of at least 4 members (excludes halogenated alkanes) is 7. The van der Waals surface area contributed by atoms with Crippen LogP contribution in [0.4, 0.5) is 0 Å². The largest absolute Gasteiger partial charge is 0.481 e. The number of carboxylic acids is 1. The van der Waals surface area contributed by atoms with E-state index in [0.29, 0.717) is 6.42 Å². The Labute approximate surface area is 167 Å². The van der Waals surface area contributed by atoms with E-state index in [2.05, 4.69) is 66.7 Å². The molecule has 0 aliphatic carbocycles. The first-order chi connectivity index (χ1) is 13.8. The van der Waals surface area contributed by atoms with E-state index in [9.17, 15) is 4.79 Å². The van der Waals surface area contributed by atoms with Crippen molar-refractivity contribution in [2.45, 2.75) is 57.8 Å². The van der Waals surface area contributed by atoms with Crippen molar-refractivity contribution in [3.8, 4) is 0 Å². The normalized spacial score (nSPS) is 11.6. The molecule has 146 valence electrons. The molecule has 0 aromatic heterocycles. The molecule has 0 atom stereocenters. The molecule has 0 fully saturated rings. The third-order valence-corrected chi connectivity index (χ3v) is 5.36. The minimum absolute atomic E-state index is 0.313. The van der Waals surface area contributed by atoms with E-state index in [0.717, 1.165) is 25.7 Å². The molecule has 0 aliphatic rings. The number of carboxylic acid groups (broad SMARTS) is 1. The van der Waals surface area contributed by atoms with Gasteiger partial charge in [0.2, 0.25) is 0 Å². The van der Waals surface area contributed by atoms with Crippen LogP contribution in [0.5, 0.6) is 0 Å². The van der Waals surface area contributed by atoms with Gasteiger partial charge in [-0.25, -0.2) is 0 Å². The van der Waals surface area contributed by atoms with Gasteiger partial charge in [0, 0.05) is 6.42 Å². The molecule has 0 spiro atoms. The molecular formula is C26H30O2. The zero-order valence-electron chi connectivity index (χ0n) is 16.6. The molecule has 28 heavy (non-hydrogen) atoms. The summed E-state index contributed by atoms with van der Waals surface area (Å²) in [7, 11) is 0. The first kappa shape index (κ1) is 20.1. The molecule has 0 bridgehead atoms. The van der Waals surface area contributed by atoms with Crippen molar-refractivity contribution in [1.82, 2.24) is 0 Å². The second-order valence-electron chi connectivity index (χ2n) is 7.54. The Morgan fingerprint density at radius 3 is 1.89 bits per heavy atom. The van der Waals surface area contributed by atoms with Crippen molar-refractivity contribution in [1.29, 1.82) is 0 Å². The van der Waals surface area contributed by atoms with Crippen LogP contribution in [0.3, 0.4) is 0 Å². The van der Waals surface area contributed by atoms with Gasteiger partial charge < -0.3 is 5.11 Å². The minimum Gasteiger partial charge on any atom is -0.481 e. The van der Waals surface area contributed by atoms with E-state index in [4.69, 9.17) is 5.11 Å². The van der Waals surface area contributed by atoms with Gasteiger partial charge in [0.1, 0.15) is 0 Å². The zero-order valence-corrected chi connectivity index (χ0v) is 16.6. The van der Waals surface area contributed by atoms with Crippen LogP contribution in [0.15, 0.2) is 60.7 Å². The summed E-state index contributed by atoms with van der Waals surface area (Å²) in [5, 5.41) is 13.9. The Kier molecular flexibility index (Phi) is 7.66. The molecule has 1 N–H and O–H groups in total. The fraction of sp³-hybridized carbons (Fsp3) is 0.346. The summed E-state index contributed by atoms with van der Waals surface area (Å²) >= 11 is 0. The fourth-order valence-corrected chi connectivity index (χ4v) is 3.85. The lowest BCUT2D eigenvalue weighted by molar-refractivity contribution is -0.137. The molecule has 2 nitrogen and oxygen atoms in total. The highest BCUT2D eigenvalue weighted by Gasteiger charge is 2.04. The van der Waals surface area contributed by atoms with E-state index in [1.165, 1.54) is 52.8 Å². The Balaban J connectivity index is 1.49. The van der Waals surface area contributed by atoms with E-state index in [1.54, 1.807) is 0 Å². The lowest BCUT2D eigenvalue weighted by atomic mass is 9.96. The molecular weight excluding hydrogens is 344 g/mol. The van der Waals surface area contributed by atoms with E-state index < -0.39 is 5.97 Å². The standard InChI is InChI=1S/C26H30O2/c27-26(28)19-9-7-5-3-1-2-4-6-8-18-25-23-16-12-10-14-21(23)20-22-15-11-13-17-24(22)25/h8,10-18,20H,1-7,9,19H2,(H,27,28)/b18-8+. The van der Waals surface area contributed by atoms with Gasteiger partial charge in [-0.1, -0.05) is 92.8 Å². The summed E-state index contributed by atoms with van der Waals surface area (Å²) in [6, 6.07) is 19.5. The number of rotatable bonds is 11. The monoisotopic (exact) mass is 374 g/mol. The van der Waals surface area contributed by atoms with Gasteiger partial charge in [-0.3, -0.25) is 4.79 Å². The quantitative estimate of drug-likeness (QED) is 0.277. The van der Waals surface area contributed by atoms with Crippen LogP contribution in [0.25, 0.3) is 27.6 Å². The lowest BCUT2D eigenvalue weighted by Gasteiger charge is -2.08.